The highest BCUT2D eigenvalue weighted by atomic mass is 35.5. The number of carbonyl (C=O) groups excluding carboxylic acids is 1. The van der Waals surface area contributed by atoms with E-state index >= 15 is 0 Å². The van der Waals surface area contributed by atoms with E-state index in [9.17, 15) is 14.4 Å². The Balaban J connectivity index is 0.00000380. The molecule has 0 aliphatic carbocycles. The molecule has 10 heteroatoms. The maximum absolute atomic E-state index is 14.2. The van der Waals surface area contributed by atoms with Gasteiger partial charge in [0.15, 0.2) is 0 Å². The molecule has 7 nitrogen and oxygen atoms in total. The zero-order chi connectivity index (χ0) is 25.8. The van der Waals surface area contributed by atoms with Crippen LogP contribution in [0.4, 0.5) is 10.2 Å². The van der Waals surface area contributed by atoms with Crippen molar-refractivity contribution in [3.63, 3.8) is 0 Å². The van der Waals surface area contributed by atoms with Crippen LogP contribution in [0.15, 0.2) is 30.5 Å². The number of likely N-dealkylation sites (tertiary alicyclic amines) is 1. The van der Waals surface area contributed by atoms with Crippen LogP contribution in [-0.2, 0) is 6.54 Å². The fourth-order valence-corrected chi connectivity index (χ4v) is 5.89. The molecular formula is C26H36Cl2FN5O2. The number of nitrogens with one attached hydrogen (secondary N) is 1. The van der Waals surface area contributed by atoms with Crippen LogP contribution in [0.3, 0.4) is 0 Å². The number of piperidine rings is 1. The van der Waals surface area contributed by atoms with Crippen molar-refractivity contribution in [3.8, 4) is 0 Å². The van der Waals surface area contributed by atoms with Gasteiger partial charge in [0, 0.05) is 43.7 Å². The van der Waals surface area contributed by atoms with E-state index in [1.807, 2.05) is 11.8 Å². The van der Waals surface area contributed by atoms with Crippen LogP contribution in [0.1, 0.15) is 50.5 Å². The van der Waals surface area contributed by atoms with Crippen molar-refractivity contribution < 1.29 is 15.3 Å². The Kier molecular flexibility index (Phi) is 8.93. The molecule has 2 aliphatic rings. The zero-order valence-corrected chi connectivity index (χ0v) is 22.4. The van der Waals surface area contributed by atoms with Crippen molar-refractivity contribution in [1.29, 1.82) is 0 Å². The summed E-state index contributed by atoms with van der Waals surface area (Å²) in [5.41, 5.74) is 0.940. The second-order valence-corrected chi connectivity index (χ2v) is 10.4. The van der Waals surface area contributed by atoms with Crippen LogP contribution >= 0.6 is 23.2 Å². The SMILES string of the molecule is CCNC(=O)c1cc(Cl)c(N2CCN(C3CCN(Cc4ccc(Cl)cc4F)CC3)[C@@H](CC)C2)[n+]([O-])c1.[HH]. The molecule has 0 unspecified atom stereocenters. The standard InChI is InChI=1S/C26H34Cl2FN5O2.H2/c1-3-21-17-32(26-23(28)13-19(16-34(26)36)25(35)30-4-2)11-12-33(21)22-7-9-31(10-8-22)15-18-5-6-20(27)14-24(18)29;/h5-6,13-14,16,21-22H,3-4,7-12,15,17H2,1-2H3,(H,30,35);1H/t21-;/m0./s1. The quantitative estimate of drug-likeness (QED) is 0.419. The average molecular weight is 541 g/mol. The summed E-state index contributed by atoms with van der Waals surface area (Å²) in [5, 5.41) is 16.2. The zero-order valence-electron chi connectivity index (χ0n) is 20.9. The number of pyridine rings is 1. The first-order valence-corrected chi connectivity index (χ1v) is 13.4. The fourth-order valence-electron chi connectivity index (χ4n) is 5.41. The summed E-state index contributed by atoms with van der Waals surface area (Å²) in [5.74, 6) is -0.153. The summed E-state index contributed by atoms with van der Waals surface area (Å²) < 4.78 is 14.9. The van der Waals surface area contributed by atoms with Crippen LogP contribution in [-0.4, -0.2) is 67.1 Å². The van der Waals surface area contributed by atoms with Gasteiger partial charge in [-0.25, -0.2) is 9.12 Å². The van der Waals surface area contributed by atoms with Gasteiger partial charge in [0.25, 0.3) is 11.7 Å². The molecule has 0 saturated carbocycles. The highest BCUT2D eigenvalue weighted by molar-refractivity contribution is 6.33. The number of hydrogen-bond acceptors (Lipinski definition) is 5. The number of halogens is 3. The molecule has 1 atom stereocenters. The maximum Gasteiger partial charge on any atom is 0.298 e. The van der Waals surface area contributed by atoms with Gasteiger partial charge in [-0.1, -0.05) is 36.2 Å². The van der Waals surface area contributed by atoms with Gasteiger partial charge in [0.05, 0.1) is 12.1 Å². The molecule has 4 rings (SSSR count). The van der Waals surface area contributed by atoms with Crippen molar-refractivity contribution in [2.24, 2.45) is 0 Å². The third-order valence-electron chi connectivity index (χ3n) is 7.29. The molecule has 198 valence electrons. The minimum absolute atomic E-state index is 0. The number of benzene rings is 1. The number of rotatable bonds is 7. The van der Waals surface area contributed by atoms with E-state index in [4.69, 9.17) is 23.2 Å². The summed E-state index contributed by atoms with van der Waals surface area (Å²) in [6.07, 6.45) is 4.31. The van der Waals surface area contributed by atoms with Crippen LogP contribution in [0, 0.1) is 11.0 Å². The maximum atomic E-state index is 14.2. The molecule has 2 aromatic rings. The Morgan fingerprint density at radius 3 is 2.58 bits per heavy atom. The van der Waals surface area contributed by atoms with Crippen LogP contribution in [0.5, 0.6) is 0 Å². The van der Waals surface area contributed by atoms with Gasteiger partial charge in [-0.3, -0.25) is 19.5 Å². The Labute approximate surface area is 223 Å². The van der Waals surface area contributed by atoms with Crippen molar-refractivity contribution in [3.05, 3.63) is 62.7 Å². The number of hydrogen-bond donors (Lipinski definition) is 1. The lowest BCUT2D eigenvalue weighted by molar-refractivity contribution is -0.592. The van der Waals surface area contributed by atoms with Gasteiger partial charge in [0.1, 0.15) is 23.6 Å². The Morgan fingerprint density at radius 1 is 1.19 bits per heavy atom. The van der Waals surface area contributed by atoms with Crippen molar-refractivity contribution in [2.45, 2.75) is 51.7 Å². The van der Waals surface area contributed by atoms with Gasteiger partial charge in [-0.15, -0.1) is 0 Å². The lowest BCUT2D eigenvalue weighted by Gasteiger charge is -2.45. The van der Waals surface area contributed by atoms with Crippen molar-refractivity contribution in [2.75, 3.05) is 44.2 Å². The molecule has 2 saturated heterocycles. The first kappa shape index (κ1) is 26.9. The molecule has 0 radical (unpaired) electrons. The molecule has 1 amide bonds. The second kappa shape index (κ2) is 11.9. The molecule has 1 N–H and O–H groups in total. The number of piperazine rings is 1. The Morgan fingerprint density at radius 2 is 1.94 bits per heavy atom. The van der Waals surface area contributed by atoms with Gasteiger partial charge < -0.3 is 10.5 Å². The highest BCUT2D eigenvalue weighted by Gasteiger charge is 2.37. The molecule has 3 heterocycles. The number of amides is 1. The minimum Gasteiger partial charge on any atom is -0.711 e. The van der Waals surface area contributed by atoms with Crippen molar-refractivity contribution >= 4 is 34.9 Å². The predicted octanol–water partition coefficient (Wildman–Crippen LogP) is 4.33. The van der Waals surface area contributed by atoms with E-state index in [-0.39, 0.29) is 18.7 Å². The average Bonchev–Trinajstić information content (AvgIpc) is 2.86. The van der Waals surface area contributed by atoms with E-state index in [0.717, 1.165) is 43.6 Å². The third kappa shape index (κ3) is 6.05. The summed E-state index contributed by atoms with van der Waals surface area (Å²) in [7, 11) is 0. The van der Waals surface area contributed by atoms with Gasteiger partial charge in [-0.05, 0) is 57.5 Å². The number of carbonyl (C=O) groups is 1. The summed E-state index contributed by atoms with van der Waals surface area (Å²) in [4.78, 5) is 19.1. The van der Waals surface area contributed by atoms with E-state index < -0.39 is 0 Å². The number of anilines is 1. The highest BCUT2D eigenvalue weighted by Crippen LogP contribution is 2.29. The molecule has 0 spiro atoms. The molecule has 2 aliphatic heterocycles. The topological polar surface area (TPSA) is 65.8 Å². The van der Waals surface area contributed by atoms with Gasteiger partial charge in [0.2, 0.25) is 0 Å². The lowest BCUT2D eigenvalue weighted by Crippen LogP contribution is -2.59. The monoisotopic (exact) mass is 539 g/mol. The number of aromatic nitrogens is 1. The van der Waals surface area contributed by atoms with E-state index in [1.54, 1.807) is 18.2 Å². The molecule has 1 aromatic carbocycles. The number of nitrogens with zero attached hydrogens (tertiary/aromatic N) is 4. The summed E-state index contributed by atoms with van der Waals surface area (Å²) >= 11 is 12.4. The van der Waals surface area contributed by atoms with Crippen LogP contribution < -0.4 is 14.9 Å². The molecule has 1 aromatic heterocycles. The van der Waals surface area contributed by atoms with Crippen LogP contribution in [0.2, 0.25) is 10.0 Å². The first-order chi connectivity index (χ1) is 17.3. The smallest absolute Gasteiger partial charge is 0.298 e. The molecule has 2 fully saturated rings. The van der Waals surface area contributed by atoms with Gasteiger partial charge in [-0.2, -0.15) is 0 Å². The normalized spacial score (nSPS) is 20.0. The van der Waals surface area contributed by atoms with Crippen molar-refractivity contribution in [1.82, 2.24) is 15.1 Å². The Bertz CT molecular complexity index is 1060. The van der Waals surface area contributed by atoms with E-state index in [0.29, 0.717) is 59.7 Å². The molecule has 0 bridgehead atoms. The lowest BCUT2D eigenvalue weighted by atomic mass is 9.97. The van der Waals surface area contributed by atoms with Crippen LogP contribution in [0.25, 0.3) is 0 Å². The first-order valence-electron chi connectivity index (χ1n) is 12.7. The summed E-state index contributed by atoms with van der Waals surface area (Å²) in [6, 6.07) is 7.21. The third-order valence-corrected chi connectivity index (χ3v) is 7.81. The van der Waals surface area contributed by atoms with E-state index in [2.05, 4.69) is 22.0 Å². The largest absolute Gasteiger partial charge is 0.711 e. The molecular weight excluding hydrogens is 504 g/mol. The predicted molar refractivity (Wildman–Crippen MR) is 143 cm³/mol. The second-order valence-electron chi connectivity index (χ2n) is 9.57. The fraction of sp³-hybridized carbons (Fsp3) is 0.538. The Hall–Kier alpha value is -2.13. The minimum atomic E-state index is -0.308. The van der Waals surface area contributed by atoms with Gasteiger partial charge >= 0.3 is 0 Å². The summed E-state index contributed by atoms with van der Waals surface area (Å²) in [6.45, 7) is 9.13. The van der Waals surface area contributed by atoms with E-state index in [1.165, 1.54) is 12.3 Å². The molecule has 36 heavy (non-hydrogen) atoms.